The molecule has 0 aliphatic heterocycles. The Balaban J connectivity index is 0.00000625. The predicted molar refractivity (Wildman–Crippen MR) is 114 cm³/mol. The maximum atomic E-state index is 5.67. The van der Waals surface area contributed by atoms with Crippen LogP contribution in [0.2, 0.25) is 0 Å². The van der Waals surface area contributed by atoms with Gasteiger partial charge in [-0.3, -0.25) is 0 Å². The number of benzene rings is 1. The maximum absolute atomic E-state index is 5.67. The summed E-state index contributed by atoms with van der Waals surface area (Å²) in [4.78, 5) is 0. The van der Waals surface area contributed by atoms with Crippen LogP contribution in [-0.2, 0) is 21.2 Å². The first kappa shape index (κ1) is 25.6. The molecule has 0 saturated carbocycles. The van der Waals surface area contributed by atoms with Crippen molar-refractivity contribution in [3.8, 4) is 0 Å². The van der Waals surface area contributed by atoms with Gasteiger partial charge in [0.05, 0.1) is 6.61 Å². The van der Waals surface area contributed by atoms with Gasteiger partial charge in [0.25, 0.3) is 0 Å². The van der Waals surface area contributed by atoms with Crippen molar-refractivity contribution in [3.63, 3.8) is 0 Å². The van der Waals surface area contributed by atoms with Crippen LogP contribution in [0.4, 0.5) is 0 Å². The third-order valence-corrected chi connectivity index (χ3v) is 5.09. The van der Waals surface area contributed by atoms with Crippen molar-refractivity contribution in [3.05, 3.63) is 35.9 Å². The van der Waals surface area contributed by atoms with E-state index in [1.54, 1.807) is 0 Å². The molecule has 0 N–H and O–H groups in total. The van der Waals surface area contributed by atoms with E-state index in [0.717, 1.165) is 18.6 Å². The van der Waals surface area contributed by atoms with Crippen LogP contribution in [0.25, 0.3) is 0 Å². The van der Waals surface area contributed by atoms with E-state index in [0.29, 0.717) is 5.05 Å². The number of ether oxygens (including phenoxy) is 1. The van der Waals surface area contributed by atoms with Crippen LogP contribution in [0.5, 0.6) is 0 Å². The van der Waals surface area contributed by atoms with Gasteiger partial charge in [-0.2, -0.15) is 0 Å². The summed E-state index contributed by atoms with van der Waals surface area (Å²) in [7, 11) is 0. The van der Waals surface area contributed by atoms with E-state index in [1.165, 1.54) is 83.5 Å². The molecule has 1 nitrogen and oxygen atoms in total. The molecule has 26 heavy (non-hydrogen) atoms. The second-order valence-electron chi connectivity index (χ2n) is 7.10. The van der Waals surface area contributed by atoms with Crippen molar-refractivity contribution in [1.29, 1.82) is 0 Å². The van der Waals surface area contributed by atoms with Gasteiger partial charge in [0.2, 0.25) is 0 Å². The van der Waals surface area contributed by atoms with E-state index < -0.39 is 0 Å². The fraction of sp³-hybridized carbons (Fsp3) is 0.696. The Kier molecular flexibility index (Phi) is 19.1. The van der Waals surface area contributed by atoms with Gasteiger partial charge in [-0.25, -0.2) is 0 Å². The molecule has 0 spiro atoms. The molecule has 0 amide bonds. The summed E-state index contributed by atoms with van der Waals surface area (Å²) in [6, 6.07) is 10.0. The monoisotopic (exact) mass is 420 g/mol. The Morgan fingerprint density at radius 1 is 0.692 bits per heavy atom. The van der Waals surface area contributed by atoms with Gasteiger partial charge >= 0.3 is 0 Å². The summed E-state index contributed by atoms with van der Waals surface area (Å²) < 4.78 is 5.67. The average Bonchev–Trinajstić information content (AvgIpc) is 2.65. The minimum atomic E-state index is 0. The molecule has 0 atom stereocenters. The normalized spacial score (nSPS) is 10.3. The Labute approximate surface area is 177 Å². The van der Waals surface area contributed by atoms with Gasteiger partial charge in [-0.1, -0.05) is 121 Å². The Hall–Kier alpha value is -0.396. The molecule has 1 aromatic rings. The first-order valence-electron chi connectivity index (χ1n) is 10.6. The zero-order valence-corrected chi connectivity index (χ0v) is 18.4. The minimum Gasteiger partial charge on any atom is -0.483 e. The first-order valence-corrected chi connectivity index (χ1v) is 11.0. The summed E-state index contributed by atoms with van der Waals surface area (Å²) in [6.07, 6.45) is 19.3. The Bertz CT molecular complexity index is 421. The molecule has 0 unspecified atom stereocenters. The molecule has 152 valence electrons. The summed E-state index contributed by atoms with van der Waals surface area (Å²) in [5, 5.41) is 0.635. The van der Waals surface area contributed by atoms with Crippen LogP contribution in [0.15, 0.2) is 30.3 Å². The zero-order chi connectivity index (χ0) is 18.0. The zero-order valence-electron chi connectivity index (χ0n) is 16.6. The quantitative estimate of drug-likeness (QED) is 0.153. The van der Waals surface area contributed by atoms with E-state index in [1.807, 2.05) is 30.3 Å². The predicted octanol–water partition coefficient (Wildman–Crippen LogP) is 7.86. The van der Waals surface area contributed by atoms with Gasteiger partial charge < -0.3 is 4.74 Å². The fourth-order valence-electron chi connectivity index (χ4n) is 3.12. The average molecular weight is 421 g/mol. The third kappa shape index (κ3) is 14.7. The molecule has 1 rings (SSSR count). The largest absolute Gasteiger partial charge is 0.483 e. The number of hydrogen-bond donors (Lipinski definition) is 0. The van der Waals surface area contributed by atoms with Crippen molar-refractivity contribution < 1.29 is 21.2 Å². The standard InChI is InChI=1S/C23H38OS.Ni/c1-2-3-4-5-6-7-8-9-10-11-12-13-14-18-21-24-23(25)22-19-16-15-17-20-22;/h15-17,19-20H,2-14,18,21H2,1H3;. The molecule has 0 fully saturated rings. The molecule has 0 bridgehead atoms. The van der Waals surface area contributed by atoms with Crippen LogP contribution >= 0.6 is 12.2 Å². The molecule has 0 radical (unpaired) electrons. The smallest absolute Gasteiger partial charge is 0.191 e. The van der Waals surface area contributed by atoms with Crippen molar-refractivity contribution in [1.82, 2.24) is 0 Å². The molecular weight excluding hydrogens is 383 g/mol. The van der Waals surface area contributed by atoms with Crippen molar-refractivity contribution >= 4 is 17.3 Å². The Morgan fingerprint density at radius 3 is 1.58 bits per heavy atom. The van der Waals surface area contributed by atoms with E-state index in [2.05, 4.69) is 6.92 Å². The minimum absolute atomic E-state index is 0. The molecule has 1 aromatic carbocycles. The Morgan fingerprint density at radius 2 is 1.12 bits per heavy atom. The number of thiocarbonyl (C=S) groups is 1. The molecule has 0 aliphatic rings. The molecule has 3 heteroatoms. The summed E-state index contributed by atoms with van der Waals surface area (Å²) in [5.41, 5.74) is 1.02. The van der Waals surface area contributed by atoms with Gasteiger partial charge in [0.1, 0.15) is 0 Å². The van der Waals surface area contributed by atoms with Crippen molar-refractivity contribution in [2.24, 2.45) is 0 Å². The molecular formula is C23H38NiOS. The van der Waals surface area contributed by atoms with Gasteiger partial charge in [0.15, 0.2) is 5.05 Å². The topological polar surface area (TPSA) is 9.23 Å². The van der Waals surface area contributed by atoms with E-state index >= 15 is 0 Å². The van der Waals surface area contributed by atoms with Crippen LogP contribution in [-0.4, -0.2) is 11.7 Å². The molecule has 0 aliphatic carbocycles. The maximum Gasteiger partial charge on any atom is 0.191 e. The molecule has 0 saturated heterocycles. The van der Waals surface area contributed by atoms with Crippen LogP contribution in [0.1, 0.15) is 102 Å². The van der Waals surface area contributed by atoms with E-state index in [-0.39, 0.29) is 16.5 Å². The van der Waals surface area contributed by atoms with Crippen LogP contribution in [0.3, 0.4) is 0 Å². The summed E-state index contributed by atoms with van der Waals surface area (Å²) in [5.74, 6) is 0. The first-order chi connectivity index (χ1) is 12.3. The van der Waals surface area contributed by atoms with Gasteiger partial charge in [-0.15, -0.1) is 0 Å². The second kappa shape index (κ2) is 19.4. The van der Waals surface area contributed by atoms with Crippen molar-refractivity contribution in [2.75, 3.05) is 6.61 Å². The third-order valence-electron chi connectivity index (χ3n) is 4.74. The molecule has 0 heterocycles. The van der Waals surface area contributed by atoms with Gasteiger partial charge in [-0.05, 0) is 18.6 Å². The van der Waals surface area contributed by atoms with E-state index in [4.69, 9.17) is 17.0 Å². The molecule has 0 aromatic heterocycles. The van der Waals surface area contributed by atoms with Crippen LogP contribution in [0, 0.1) is 0 Å². The summed E-state index contributed by atoms with van der Waals surface area (Å²) >= 11 is 5.30. The fourth-order valence-corrected chi connectivity index (χ4v) is 3.34. The van der Waals surface area contributed by atoms with E-state index in [9.17, 15) is 0 Å². The van der Waals surface area contributed by atoms with Crippen molar-refractivity contribution in [2.45, 2.75) is 96.8 Å². The van der Waals surface area contributed by atoms with Crippen LogP contribution < -0.4 is 0 Å². The number of unbranched alkanes of at least 4 members (excludes halogenated alkanes) is 13. The SMILES string of the molecule is CCCCCCCCCCCCCCCCOC(=S)c1ccccc1.[Ni]. The number of hydrogen-bond acceptors (Lipinski definition) is 2. The van der Waals surface area contributed by atoms with Gasteiger partial charge in [0, 0.05) is 22.1 Å². The number of rotatable bonds is 16. The second-order valence-corrected chi connectivity index (χ2v) is 7.47. The summed E-state index contributed by atoms with van der Waals surface area (Å²) in [6.45, 7) is 3.04.